The second kappa shape index (κ2) is 9.22. The van der Waals surface area contributed by atoms with E-state index in [9.17, 15) is 15.0 Å². The van der Waals surface area contributed by atoms with Crippen molar-refractivity contribution < 1.29 is 15.0 Å². The Bertz CT molecular complexity index is 1330. The van der Waals surface area contributed by atoms with Gasteiger partial charge in [0.05, 0.1) is 11.6 Å². The zero-order valence-corrected chi connectivity index (χ0v) is 18.6. The maximum atomic E-state index is 11.2. The van der Waals surface area contributed by atoms with Crippen LogP contribution in [0.5, 0.6) is 0 Å². The fourth-order valence-corrected chi connectivity index (χ4v) is 3.69. The number of rotatable bonds is 7. The SMILES string of the molecule is Cc1c(Nc2nn(C)c3cc(C=NC(C(=O)O)C(C)O)cnc23)cccc1-c1ccccc1. The Kier molecular flexibility index (Phi) is 6.19. The lowest BCUT2D eigenvalue weighted by Crippen LogP contribution is -2.29. The number of aliphatic hydroxyl groups is 1. The third-order valence-corrected chi connectivity index (χ3v) is 5.48. The molecule has 168 valence electrons. The van der Waals surface area contributed by atoms with E-state index in [1.807, 2.05) is 43.4 Å². The summed E-state index contributed by atoms with van der Waals surface area (Å²) in [6, 6.07) is 16.9. The quantitative estimate of drug-likeness (QED) is 0.373. The van der Waals surface area contributed by atoms with Crippen molar-refractivity contribution in [3.63, 3.8) is 0 Å². The van der Waals surface area contributed by atoms with Crippen LogP contribution >= 0.6 is 0 Å². The molecule has 33 heavy (non-hydrogen) atoms. The Morgan fingerprint density at radius 1 is 1.18 bits per heavy atom. The molecule has 2 unspecified atom stereocenters. The van der Waals surface area contributed by atoms with Crippen LogP contribution < -0.4 is 5.32 Å². The van der Waals surface area contributed by atoms with Gasteiger partial charge in [0.25, 0.3) is 0 Å². The molecule has 2 heterocycles. The number of carboxylic acid groups (broad SMARTS) is 1. The molecule has 8 nitrogen and oxygen atoms in total. The number of hydrogen-bond donors (Lipinski definition) is 3. The summed E-state index contributed by atoms with van der Waals surface area (Å²) in [5, 5.41) is 26.8. The van der Waals surface area contributed by atoms with Crippen LogP contribution in [0.15, 0.2) is 65.8 Å². The van der Waals surface area contributed by atoms with E-state index in [0.717, 1.165) is 27.9 Å². The number of carbonyl (C=O) groups is 1. The molecule has 0 spiro atoms. The highest BCUT2D eigenvalue weighted by atomic mass is 16.4. The molecule has 0 aliphatic heterocycles. The molecule has 8 heteroatoms. The van der Waals surface area contributed by atoms with Gasteiger partial charge in [0, 0.05) is 30.7 Å². The molecule has 2 atom stereocenters. The standard InChI is InChI=1S/C25H25N5O3/c1-15-19(18-8-5-4-6-9-18)10-7-11-20(15)28-24-23-21(30(3)29-24)12-17(14-27-23)13-26-22(16(2)31)25(32)33/h4-14,16,22,31H,1-3H3,(H,28,29)(H,32,33). The van der Waals surface area contributed by atoms with Crippen LogP contribution in [0.3, 0.4) is 0 Å². The van der Waals surface area contributed by atoms with Crippen LogP contribution in [0.1, 0.15) is 18.1 Å². The van der Waals surface area contributed by atoms with Gasteiger partial charge < -0.3 is 15.5 Å². The molecule has 2 aromatic heterocycles. The molecule has 0 aliphatic carbocycles. The van der Waals surface area contributed by atoms with Crippen molar-refractivity contribution in [2.75, 3.05) is 5.32 Å². The number of aliphatic carboxylic acids is 1. The molecule has 0 saturated carbocycles. The lowest BCUT2D eigenvalue weighted by atomic mass is 9.99. The van der Waals surface area contributed by atoms with E-state index in [2.05, 4.69) is 45.5 Å². The number of aromatic nitrogens is 3. The predicted molar refractivity (Wildman–Crippen MR) is 129 cm³/mol. The highest BCUT2D eigenvalue weighted by molar-refractivity contribution is 5.93. The maximum Gasteiger partial charge on any atom is 0.331 e. The molecule has 0 saturated heterocycles. The van der Waals surface area contributed by atoms with Crippen LogP contribution in [0.2, 0.25) is 0 Å². The Labute approximate surface area is 191 Å². The number of fused-ring (bicyclic) bond motifs is 1. The molecule has 0 radical (unpaired) electrons. The number of anilines is 2. The van der Waals surface area contributed by atoms with Gasteiger partial charge in [0.2, 0.25) is 0 Å². The van der Waals surface area contributed by atoms with E-state index < -0.39 is 18.1 Å². The van der Waals surface area contributed by atoms with Crippen LogP contribution in [0.25, 0.3) is 22.2 Å². The van der Waals surface area contributed by atoms with Crippen LogP contribution in [-0.2, 0) is 11.8 Å². The average Bonchev–Trinajstić information content (AvgIpc) is 3.10. The van der Waals surface area contributed by atoms with Gasteiger partial charge in [-0.1, -0.05) is 42.5 Å². The summed E-state index contributed by atoms with van der Waals surface area (Å²) in [7, 11) is 1.82. The number of nitrogens with zero attached hydrogens (tertiary/aromatic N) is 4. The average molecular weight is 444 g/mol. The highest BCUT2D eigenvalue weighted by Gasteiger charge is 2.21. The number of aliphatic imine (C=N–C) groups is 1. The Balaban J connectivity index is 1.65. The number of benzene rings is 2. The van der Waals surface area contributed by atoms with Gasteiger partial charge in [-0.25, -0.2) is 9.78 Å². The number of nitrogens with one attached hydrogen (secondary N) is 1. The van der Waals surface area contributed by atoms with Gasteiger partial charge >= 0.3 is 5.97 Å². The second-order valence-electron chi connectivity index (χ2n) is 7.88. The molecular formula is C25H25N5O3. The summed E-state index contributed by atoms with van der Waals surface area (Å²) in [5.74, 6) is -0.563. The fourth-order valence-electron chi connectivity index (χ4n) is 3.69. The monoisotopic (exact) mass is 443 g/mol. The molecule has 3 N–H and O–H groups in total. The topological polar surface area (TPSA) is 113 Å². The molecular weight excluding hydrogens is 418 g/mol. The fraction of sp³-hybridized carbons (Fsp3) is 0.200. The molecule has 0 fully saturated rings. The largest absolute Gasteiger partial charge is 0.480 e. The summed E-state index contributed by atoms with van der Waals surface area (Å²) < 4.78 is 1.71. The van der Waals surface area contributed by atoms with Crippen molar-refractivity contribution in [2.24, 2.45) is 12.0 Å². The number of hydrogen-bond acceptors (Lipinski definition) is 6. The third kappa shape index (κ3) is 4.61. The first kappa shape index (κ1) is 22.2. The summed E-state index contributed by atoms with van der Waals surface area (Å²) in [6.07, 6.45) is 1.91. The van der Waals surface area contributed by atoms with Crippen LogP contribution in [0, 0.1) is 6.92 Å². The van der Waals surface area contributed by atoms with Gasteiger partial charge in [0.1, 0.15) is 5.52 Å². The van der Waals surface area contributed by atoms with E-state index in [0.29, 0.717) is 16.9 Å². The summed E-state index contributed by atoms with van der Waals surface area (Å²) in [5.41, 5.74) is 6.38. The first-order chi connectivity index (χ1) is 15.8. The van der Waals surface area contributed by atoms with Crippen LogP contribution in [-0.4, -0.2) is 49.3 Å². The molecule has 4 aromatic rings. The number of pyridine rings is 1. The Morgan fingerprint density at radius 2 is 1.94 bits per heavy atom. The van der Waals surface area contributed by atoms with Gasteiger partial charge in [-0.05, 0) is 42.7 Å². The second-order valence-corrected chi connectivity index (χ2v) is 7.88. The highest BCUT2D eigenvalue weighted by Crippen LogP contribution is 2.31. The van der Waals surface area contributed by atoms with Crippen molar-refractivity contribution in [3.8, 4) is 11.1 Å². The third-order valence-electron chi connectivity index (χ3n) is 5.48. The normalized spacial score (nSPS) is 13.3. The zero-order chi connectivity index (χ0) is 23.5. The van der Waals surface area contributed by atoms with Crippen molar-refractivity contribution in [3.05, 3.63) is 71.9 Å². The molecule has 2 aromatic carbocycles. The lowest BCUT2D eigenvalue weighted by Gasteiger charge is -2.12. The van der Waals surface area contributed by atoms with Crippen molar-refractivity contribution in [1.29, 1.82) is 0 Å². The van der Waals surface area contributed by atoms with Crippen molar-refractivity contribution >= 4 is 34.7 Å². The number of aryl methyl sites for hydroxylation is 1. The minimum atomic E-state index is -1.23. The molecule has 0 bridgehead atoms. The maximum absolute atomic E-state index is 11.2. The van der Waals surface area contributed by atoms with E-state index in [-0.39, 0.29) is 0 Å². The molecule has 0 amide bonds. The number of carboxylic acids is 1. The van der Waals surface area contributed by atoms with Gasteiger partial charge in [0.15, 0.2) is 11.9 Å². The van der Waals surface area contributed by atoms with Crippen LogP contribution in [0.4, 0.5) is 11.5 Å². The lowest BCUT2D eigenvalue weighted by molar-refractivity contribution is -0.140. The molecule has 4 rings (SSSR count). The molecule has 0 aliphatic rings. The van der Waals surface area contributed by atoms with E-state index >= 15 is 0 Å². The summed E-state index contributed by atoms with van der Waals surface area (Å²) in [4.78, 5) is 19.8. The first-order valence-electron chi connectivity index (χ1n) is 10.5. The summed E-state index contributed by atoms with van der Waals surface area (Å²) >= 11 is 0. The van der Waals surface area contributed by atoms with Gasteiger partial charge in [-0.3, -0.25) is 9.67 Å². The number of aliphatic hydroxyl groups excluding tert-OH is 1. The van der Waals surface area contributed by atoms with E-state index in [1.165, 1.54) is 13.1 Å². The first-order valence-corrected chi connectivity index (χ1v) is 10.5. The predicted octanol–water partition coefficient (Wildman–Crippen LogP) is 3.94. The van der Waals surface area contributed by atoms with Gasteiger partial charge in [-0.2, -0.15) is 5.10 Å². The zero-order valence-electron chi connectivity index (χ0n) is 18.6. The Hall–Kier alpha value is -4.04. The summed E-state index contributed by atoms with van der Waals surface area (Å²) in [6.45, 7) is 3.46. The smallest absolute Gasteiger partial charge is 0.331 e. The minimum Gasteiger partial charge on any atom is -0.480 e. The Morgan fingerprint density at radius 3 is 2.64 bits per heavy atom. The van der Waals surface area contributed by atoms with Crippen molar-refractivity contribution in [1.82, 2.24) is 14.8 Å². The van der Waals surface area contributed by atoms with E-state index in [1.54, 1.807) is 10.9 Å². The van der Waals surface area contributed by atoms with E-state index in [4.69, 9.17) is 0 Å². The minimum absolute atomic E-state index is 0.617. The van der Waals surface area contributed by atoms with Gasteiger partial charge in [-0.15, -0.1) is 0 Å². The van der Waals surface area contributed by atoms with Crippen molar-refractivity contribution in [2.45, 2.75) is 26.0 Å².